The van der Waals surface area contributed by atoms with E-state index in [0.29, 0.717) is 0 Å². The highest BCUT2D eigenvalue weighted by Gasteiger charge is 2.03. The number of aromatic amines is 1. The Bertz CT molecular complexity index is 844. The molecule has 0 unspecified atom stereocenters. The second-order valence-corrected chi connectivity index (χ2v) is 6.51. The van der Waals surface area contributed by atoms with E-state index in [1.165, 1.54) is 22.0 Å². The average Bonchev–Trinajstić information content (AvgIpc) is 3.01. The van der Waals surface area contributed by atoms with Gasteiger partial charge in [-0.1, -0.05) is 46.3 Å². The van der Waals surface area contributed by atoms with Gasteiger partial charge in [0.1, 0.15) is 0 Å². The largest absolute Gasteiger partial charge is 0.361 e. The van der Waals surface area contributed by atoms with Crippen LogP contribution in [-0.2, 0) is 13.0 Å². The summed E-state index contributed by atoms with van der Waals surface area (Å²) in [7, 11) is 1.79. The van der Waals surface area contributed by atoms with Gasteiger partial charge in [0.15, 0.2) is 5.96 Å². The Morgan fingerprint density at radius 1 is 1.12 bits per heavy atom. The van der Waals surface area contributed by atoms with Crippen LogP contribution in [0.3, 0.4) is 0 Å². The highest BCUT2D eigenvalue weighted by atomic mass is 127. The van der Waals surface area contributed by atoms with E-state index in [0.717, 1.165) is 29.9 Å². The lowest BCUT2D eigenvalue weighted by Gasteiger charge is -2.12. The summed E-state index contributed by atoms with van der Waals surface area (Å²) in [6.45, 7) is 1.58. The number of nitrogens with one attached hydrogen (secondary N) is 3. The summed E-state index contributed by atoms with van der Waals surface area (Å²) in [5.74, 6) is 0.815. The number of nitrogens with zero attached hydrogens (tertiary/aromatic N) is 1. The molecule has 0 fully saturated rings. The molecular formula is C19H22BrIN4. The number of rotatable bonds is 5. The van der Waals surface area contributed by atoms with Crippen molar-refractivity contribution in [3.8, 4) is 0 Å². The minimum absolute atomic E-state index is 0. The Kier molecular flexibility index (Phi) is 7.77. The SMILES string of the molecule is CN=C(NCCc1c[nH]c2ccccc12)NCc1cccc(Br)c1.I. The van der Waals surface area contributed by atoms with E-state index in [4.69, 9.17) is 0 Å². The van der Waals surface area contributed by atoms with Crippen molar-refractivity contribution in [1.29, 1.82) is 0 Å². The van der Waals surface area contributed by atoms with Crippen molar-refractivity contribution >= 4 is 56.8 Å². The third-order valence-corrected chi connectivity index (χ3v) is 4.43. The number of hydrogen-bond acceptors (Lipinski definition) is 1. The maximum atomic E-state index is 4.28. The van der Waals surface area contributed by atoms with Crippen molar-refractivity contribution in [1.82, 2.24) is 15.6 Å². The van der Waals surface area contributed by atoms with Crippen LogP contribution < -0.4 is 10.6 Å². The van der Waals surface area contributed by atoms with Gasteiger partial charge in [-0.25, -0.2) is 0 Å². The van der Waals surface area contributed by atoms with Crippen LogP contribution in [0.1, 0.15) is 11.1 Å². The standard InChI is InChI=1S/C19H21BrN4.HI/c1-21-19(24-12-14-5-4-6-16(20)11-14)22-10-9-15-13-23-18-8-3-2-7-17(15)18;/h2-8,11,13,23H,9-10,12H2,1H3,(H2,21,22,24);1H. The molecule has 0 aliphatic rings. The molecule has 3 rings (SSSR count). The number of fused-ring (bicyclic) bond motifs is 1. The number of hydrogen-bond donors (Lipinski definition) is 3. The maximum Gasteiger partial charge on any atom is 0.191 e. The molecule has 25 heavy (non-hydrogen) atoms. The van der Waals surface area contributed by atoms with Gasteiger partial charge in [-0.2, -0.15) is 0 Å². The highest BCUT2D eigenvalue weighted by Crippen LogP contribution is 2.17. The molecule has 0 saturated carbocycles. The van der Waals surface area contributed by atoms with Gasteiger partial charge in [-0.15, -0.1) is 24.0 Å². The smallest absolute Gasteiger partial charge is 0.191 e. The van der Waals surface area contributed by atoms with Gasteiger partial charge in [0.2, 0.25) is 0 Å². The van der Waals surface area contributed by atoms with Crippen LogP contribution in [0.2, 0.25) is 0 Å². The Hall–Kier alpha value is -1.54. The fourth-order valence-electron chi connectivity index (χ4n) is 2.71. The molecule has 1 aromatic heterocycles. The molecule has 0 bridgehead atoms. The van der Waals surface area contributed by atoms with Gasteiger partial charge < -0.3 is 15.6 Å². The predicted octanol–water partition coefficient (Wildman–Crippen LogP) is 4.46. The van der Waals surface area contributed by atoms with Crippen molar-refractivity contribution in [2.24, 2.45) is 4.99 Å². The summed E-state index contributed by atoms with van der Waals surface area (Å²) in [5.41, 5.74) is 3.72. The van der Waals surface area contributed by atoms with Crippen LogP contribution in [0.5, 0.6) is 0 Å². The van der Waals surface area contributed by atoms with Crippen LogP contribution in [0.25, 0.3) is 10.9 Å². The van der Waals surface area contributed by atoms with Crippen molar-refractivity contribution < 1.29 is 0 Å². The number of aromatic nitrogens is 1. The van der Waals surface area contributed by atoms with Crippen molar-refractivity contribution in [3.63, 3.8) is 0 Å². The topological polar surface area (TPSA) is 52.2 Å². The number of benzene rings is 2. The molecule has 0 radical (unpaired) electrons. The molecule has 2 aromatic carbocycles. The van der Waals surface area contributed by atoms with Gasteiger partial charge in [0, 0.05) is 41.7 Å². The van der Waals surface area contributed by atoms with Gasteiger partial charge in [-0.3, -0.25) is 4.99 Å². The van der Waals surface area contributed by atoms with Crippen molar-refractivity contribution in [2.75, 3.05) is 13.6 Å². The zero-order valence-corrected chi connectivity index (χ0v) is 18.0. The summed E-state index contributed by atoms with van der Waals surface area (Å²) in [6.07, 6.45) is 3.03. The van der Waals surface area contributed by atoms with Crippen molar-refractivity contribution in [3.05, 3.63) is 70.3 Å². The van der Waals surface area contributed by atoms with Crippen LogP contribution in [0, 0.1) is 0 Å². The molecule has 3 N–H and O–H groups in total. The fourth-order valence-corrected chi connectivity index (χ4v) is 3.15. The third kappa shape index (κ3) is 5.47. The first-order chi connectivity index (χ1) is 11.8. The predicted molar refractivity (Wildman–Crippen MR) is 120 cm³/mol. The van der Waals surface area contributed by atoms with E-state index in [2.05, 4.69) is 79.1 Å². The molecule has 4 nitrogen and oxygen atoms in total. The molecule has 6 heteroatoms. The molecule has 0 spiro atoms. The van der Waals surface area contributed by atoms with E-state index < -0.39 is 0 Å². The Morgan fingerprint density at radius 2 is 1.96 bits per heavy atom. The van der Waals surface area contributed by atoms with Gasteiger partial charge in [0.05, 0.1) is 0 Å². The van der Waals surface area contributed by atoms with Gasteiger partial charge >= 0.3 is 0 Å². The summed E-state index contributed by atoms with van der Waals surface area (Å²) in [4.78, 5) is 7.60. The monoisotopic (exact) mass is 512 g/mol. The second-order valence-electron chi connectivity index (χ2n) is 5.59. The fraction of sp³-hybridized carbons (Fsp3) is 0.211. The number of guanidine groups is 1. The molecular weight excluding hydrogens is 491 g/mol. The maximum absolute atomic E-state index is 4.28. The zero-order chi connectivity index (χ0) is 16.8. The molecule has 0 amide bonds. The van der Waals surface area contributed by atoms with E-state index in [1.54, 1.807) is 7.05 Å². The first kappa shape index (κ1) is 19.8. The Morgan fingerprint density at radius 3 is 2.76 bits per heavy atom. The lowest BCUT2D eigenvalue weighted by Crippen LogP contribution is -2.37. The number of para-hydroxylation sites is 1. The van der Waals surface area contributed by atoms with E-state index in [1.807, 2.05) is 12.1 Å². The number of H-pyrrole nitrogens is 1. The Labute approximate surface area is 173 Å². The highest BCUT2D eigenvalue weighted by molar-refractivity contribution is 14.0. The summed E-state index contributed by atoms with van der Waals surface area (Å²) >= 11 is 3.49. The first-order valence-corrected chi connectivity index (χ1v) is 8.79. The Balaban J connectivity index is 0.00000225. The van der Waals surface area contributed by atoms with Gasteiger partial charge in [0.25, 0.3) is 0 Å². The van der Waals surface area contributed by atoms with E-state index in [-0.39, 0.29) is 24.0 Å². The molecule has 0 aliphatic carbocycles. The van der Waals surface area contributed by atoms with Crippen LogP contribution in [-0.4, -0.2) is 24.5 Å². The normalized spacial score (nSPS) is 11.2. The molecule has 0 saturated heterocycles. The second kappa shape index (κ2) is 9.82. The zero-order valence-electron chi connectivity index (χ0n) is 14.1. The summed E-state index contributed by atoms with van der Waals surface area (Å²) in [5, 5.41) is 8.00. The van der Waals surface area contributed by atoms with Crippen LogP contribution in [0.15, 0.2) is 64.2 Å². The molecule has 0 aliphatic heterocycles. The number of aliphatic imine (C=N–C) groups is 1. The quantitative estimate of drug-likeness (QED) is 0.268. The van der Waals surface area contributed by atoms with E-state index in [9.17, 15) is 0 Å². The average molecular weight is 513 g/mol. The van der Waals surface area contributed by atoms with Crippen LogP contribution >= 0.6 is 39.9 Å². The lowest BCUT2D eigenvalue weighted by molar-refractivity contribution is 0.796. The lowest BCUT2D eigenvalue weighted by atomic mass is 10.1. The molecule has 132 valence electrons. The summed E-state index contributed by atoms with van der Waals surface area (Å²) in [6, 6.07) is 16.6. The van der Waals surface area contributed by atoms with Crippen molar-refractivity contribution in [2.45, 2.75) is 13.0 Å². The minimum atomic E-state index is 0. The molecule has 0 atom stereocenters. The molecule has 1 heterocycles. The third-order valence-electron chi connectivity index (χ3n) is 3.93. The van der Waals surface area contributed by atoms with E-state index >= 15 is 0 Å². The molecule has 3 aromatic rings. The van der Waals surface area contributed by atoms with Gasteiger partial charge in [-0.05, 0) is 35.7 Å². The summed E-state index contributed by atoms with van der Waals surface area (Å²) < 4.78 is 1.09. The number of halogens is 2. The first-order valence-electron chi connectivity index (χ1n) is 8.00. The van der Waals surface area contributed by atoms with Crippen LogP contribution in [0.4, 0.5) is 0 Å². The minimum Gasteiger partial charge on any atom is -0.361 e.